The van der Waals surface area contributed by atoms with E-state index in [9.17, 15) is 4.79 Å². The molecule has 0 spiro atoms. The number of aromatic nitrogens is 1. The molecular weight excluding hydrogens is 292 g/mol. The van der Waals surface area contributed by atoms with E-state index in [1.807, 2.05) is 18.2 Å². The lowest BCUT2D eigenvalue weighted by Gasteiger charge is -2.38. The lowest BCUT2D eigenvalue weighted by atomic mass is 9.74. The number of rotatable bonds is 4. The van der Waals surface area contributed by atoms with Crippen molar-refractivity contribution in [2.24, 2.45) is 0 Å². The molecule has 2 heterocycles. The van der Waals surface area contributed by atoms with Gasteiger partial charge in [0.2, 0.25) is 0 Å². The van der Waals surface area contributed by atoms with Crippen LogP contribution < -0.4 is 5.32 Å². The molecule has 1 amide bonds. The fourth-order valence-corrected chi connectivity index (χ4v) is 3.27. The van der Waals surface area contributed by atoms with Crippen molar-refractivity contribution in [1.82, 2.24) is 10.5 Å². The lowest BCUT2D eigenvalue weighted by molar-refractivity contribution is 0.0487. The minimum absolute atomic E-state index is 0.0753. The van der Waals surface area contributed by atoms with Crippen LogP contribution in [0.1, 0.15) is 40.2 Å². The third-order valence-electron chi connectivity index (χ3n) is 4.68. The third-order valence-corrected chi connectivity index (χ3v) is 4.68. The molecule has 0 saturated carbocycles. The molecule has 23 heavy (non-hydrogen) atoms. The maximum Gasteiger partial charge on any atom is 0.256 e. The highest BCUT2D eigenvalue weighted by molar-refractivity contribution is 5.96. The zero-order valence-corrected chi connectivity index (χ0v) is 13.6. The van der Waals surface area contributed by atoms with Gasteiger partial charge >= 0.3 is 0 Å². The maximum absolute atomic E-state index is 12.5. The van der Waals surface area contributed by atoms with Gasteiger partial charge in [0, 0.05) is 25.2 Å². The lowest BCUT2D eigenvalue weighted by Crippen LogP contribution is -2.44. The van der Waals surface area contributed by atoms with Crippen molar-refractivity contribution in [3.8, 4) is 0 Å². The summed E-state index contributed by atoms with van der Waals surface area (Å²) in [6.07, 6.45) is 1.80. The van der Waals surface area contributed by atoms with E-state index in [0.717, 1.165) is 26.1 Å². The summed E-state index contributed by atoms with van der Waals surface area (Å²) in [6.45, 7) is 5.57. The van der Waals surface area contributed by atoms with Gasteiger partial charge in [-0.05, 0) is 32.3 Å². The highest BCUT2D eigenvalue weighted by Crippen LogP contribution is 2.34. The monoisotopic (exact) mass is 314 g/mol. The van der Waals surface area contributed by atoms with E-state index in [0.29, 0.717) is 23.6 Å². The number of benzene rings is 1. The number of carbonyl (C=O) groups is 1. The summed E-state index contributed by atoms with van der Waals surface area (Å²) in [7, 11) is 0. The van der Waals surface area contributed by atoms with Gasteiger partial charge in [0.1, 0.15) is 11.3 Å². The van der Waals surface area contributed by atoms with Crippen LogP contribution in [0, 0.1) is 13.8 Å². The van der Waals surface area contributed by atoms with E-state index in [2.05, 4.69) is 22.6 Å². The first-order valence-corrected chi connectivity index (χ1v) is 7.97. The average molecular weight is 314 g/mol. The highest BCUT2D eigenvalue weighted by atomic mass is 16.5. The predicted molar refractivity (Wildman–Crippen MR) is 86.5 cm³/mol. The van der Waals surface area contributed by atoms with E-state index in [1.165, 1.54) is 5.56 Å². The summed E-state index contributed by atoms with van der Waals surface area (Å²) in [5.41, 5.74) is 2.34. The number of aryl methyl sites for hydroxylation is 2. The molecule has 0 bridgehead atoms. The largest absolute Gasteiger partial charge is 0.381 e. The van der Waals surface area contributed by atoms with Crippen LogP contribution in [0.25, 0.3) is 0 Å². The summed E-state index contributed by atoms with van der Waals surface area (Å²) in [5.74, 6) is 0.434. The second kappa shape index (κ2) is 6.54. The zero-order chi connectivity index (χ0) is 16.3. The van der Waals surface area contributed by atoms with Crippen molar-refractivity contribution in [2.75, 3.05) is 19.8 Å². The van der Waals surface area contributed by atoms with Crippen molar-refractivity contribution in [3.05, 3.63) is 52.9 Å². The Morgan fingerprint density at radius 3 is 2.52 bits per heavy atom. The first kappa shape index (κ1) is 15.7. The van der Waals surface area contributed by atoms with Crippen LogP contribution in [0.5, 0.6) is 0 Å². The number of hydrogen-bond acceptors (Lipinski definition) is 4. The van der Waals surface area contributed by atoms with Crippen molar-refractivity contribution >= 4 is 5.91 Å². The molecule has 1 aliphatic heterocycles. The molecule has 1 N–H and O–H groups in total. The Kier molecular flexibility index (Phi) is 4.48. The molecule has 0 unspecified atom stereocenters. The second-order valence-corrected chi connectivity index (χ2v) is 6.14. The standard InChI is InChI=1S/C18H22N2O3/c1-13-16(14(2)23-20-13)17(21)19-12-18(8-10-22-11-9-18)15-6-4-3-5-7-15/h3-7H,8-12H2,1-2H3,(H,19,21). The minimum Gasteiger partial charge on any atom is -0.381 e. The fourth-order valence-electron chi connectivity index (χ4n) is 3.27. The first-order valence-electron chi connectivity index (χ1n) is 7.97. The van der Waals surface area contributed by atoms with E-state index in [-0.39, 0.29) is 11.3 Å². The third kappa shape index (κ3) is 3.15. The molecule has 2 aromatic rings. The first-order chi connectivity index (χ1) is 11.1. The van der Waals surface area contributed by atoms with Gasteiger partial charge in [-0.25, -0.2) is 0 Å². The van der Waals surface area contributed by atoms with Gasteiger partial charge in [-0.15, -0.1) is 0 Å². The molecule has 122 valence electrons. The van der Waals surface area contributed by atoms with Crippen LogP contribution in [-0.4, -0.2) is 30.8 Å². The minimum atomic E-state index is -0.122. The van der Waals surface area contributed by atoms with Gasteiger partial charge in [0.25, 0.3) is 5.91 Å². The number of hydrogen-bond donors (Lipinski definition) is 1. The summed E-state index contributed by atoms with van der Waals surface area (Å²) >= 11 is 0. The smallest absolute Gasteiger partial charge is 0.256 e. The Morgan fingerprint density at radius 1 is 1.22 bits per heavy atom. The Bertz CT molecular complexity index is 653. The van der Waals surface area contributed by atoms with E-state index >= 15 is 0 Å². The van der Waals surface area contributed by atoms with Crippen LogP contribution in [-0.2, 0) is 10.2 Å². The van der Waals surface area contributed by atoms with Crippen LogP contribution in [0.15, 0.2) is 34.9 Å². The fraction of sp³-hybridized carbons (Fsp3) is 0.444. The Hall–Kier alpha value is -2.14. The molecule has 0 aliphatic carbocycles. The van der Waals surface area contributed by atoms with Gasteiger partial charge < -0.3 is 14.6 Å². The Morgan fingerprint density at radius 2 is 1.91 bits per heavy atom. The molecule has 1 fully saturated rings. The van der Waals surface area contributed by atoms with Crippen molar-refractivity contribution in [3.63, 3.8) is 0 Å². The summed E-state index contributed by atoms with van der Waals surface area (Å²) in [4.78, 5) is 12.5. The Balaban J connectivity index is 1.79. The topological polar surface area (TPSA) is 64.4 Å². The SMILES string of the molecule is Cc1noc(C)c1C(=O)NCC1(c2ccccc2)CCOCC1. The van der Waals surface area contributed by atoms with Crippen LogP contribution in [0.3, 0.4) is 0 Å². The number of nitrogens with one attached hydrogen (secondary N) is 1. The number of amides is 1. The van der Waals surface area contributed by atoms with E-state index < -0.39 is 0 Å². The maximum atomic E-state index is 12.5. The van der Waals surface area contributed by atoms with Gasteiger partial charge in [-0.1, -0.05) is 35.5 Å². The van der Waals surface area contributed by atoms with E-state index in [4.69, 9.17) is 9.26 Å². The molecule has 5 heteroatoms. The second-order valence-electron chi connectivity index (χ2n) is 6.14. The van der Waals surface area contributed by atoms with Crippen LogP contribution in [0.4, 0.5) is 0 Å². The highest BCUT2D eigenvalue weighted by Gasteiger charge is 2.35. The van der Waals surface area contributed by atoms with Gasteiger partial charge in [-0.3, -0.25) is 4.79 Å². The Labute approximate surface area is 136 Å². The summed E-state index contributed by atoms with van der Waals surface area (Å²) < 4.78 is 10.6. The van der Waals surface area contributed by atoms with Gasteiger partial charge in [0.05, 0.1) is 5.69 Å². The number of ether oxygens (including phenoxy) is 1. The molecular formula is C18H22N2O3. The van der Waals surface area contributed by atoms with E-state index in [1.54, 1.807) is 13.8 Å². The number of nitrogens with zero attached hydrogens (tertiary/aromatic N) is 1. The van der Waals surface area contributed by atoms with Gasteiger partial charge in [-0.2, -0.15) is 0 Å². The molecule has 0 radical (unpaired) electrons. The van der Waals surface area contributed by atoms with Crippen molar-refractivity contribution in [2.45, 2.75) is 32.1 Å². The summed E-state index contributed by atoms with van der Waals surface area (Å²) in [5, 5.41) is 6.93. The number of carbonyl (C=O) groups excluding carboxylic acids is 1. The quantitative estimate of drug-likeness (QED) is 0.942. The molecule has 1 aromatic carbocycles. The zero-order valence-electron chi connectivity index (χ0n) is 13.6. The van der Waals surface area contributed by atoms with Crippen molar-refractivity contribution in [1.29, 1.82) is 0 Å². The normalized spacial score (nSPS) is 17.0. The molecule has 5 nitrogen and oxygen atoms in total. The molecule has 3 rings (SSSR count). The van der Waals surface area contributed by atoms with Crippen LogP contribution >= 0.6 is 0 Å². The molecule has 1 aliphatic rings. The molecule has 1 saturated heterocycles. The average Bonchev–Trinajstić information content (AvgIpc) is 2.93. The van der Waals surface area contributed by atoms with Gasteiger partial charge in [0.15, 0.2) is 0 Å². The summed E-state index contributed by atoms with van der Waals surface area (Å²) in [6, 6.07) is 10.4. The molecule has 0 atom stereocenters. The predicted octanol–water partition coefficient (Wildman–Crippen LogP) is 2.77. The van der Waals surface area contributed by atoms with Crippen molar-refractivity contribution < 1.29 is 14.1 Å². The molecule has 1 aromatic heterocycles. The van der Waals surface area contributed by atoms with Crippen LogP contribution in [0.2, 0.25) is 0 Å².